The Labute approximate surface area is 106 Å². The van der Waals surface area contributed by atoms with Gasteiger partial charge in [-0.3, -0.25) is 0 Å². The van der Waals surface area contributed by atoms with Crippen LogP contribution in [0.25, 0.3) is 0 Å². The third-order valence-electron chi connectivity index (χ3n) is 2.02. The monoisotopic (exact) mass is 274 g/mol. The SMILES string of the molecule is COC(=O)c1pc(C(C)(C)C)sc1C(=O)OC. The summed E-state index contributed by atoms with van der Waals surface area (Å²) in [6, 6.07) is 0. The van der Waals surface area contributed by atoms with Crippen molar-refractivity contribution >= 4 is 31.5 Å². The second-order valence-corrected chi connectivity index (χ2v) is 6.87. The number of hydrogen-bond donors (Lipinski definition) is 0. The second kappa shape index (κ2) is 5.15. The lowest BCUT2D eigenvalue weighted by atomic mass is 10.0. The molecule has 1 aromatic heterocycles. The van der Waals surface area contributed by atoms with E-state index < -0.39 is 11.9 Å². The maximum Gasteiger partial charge on any atom is 0.349 e. The van der Waals surface area contributed by atoms with Crippen LogP contribution in [0.4, 0.5) is 0 Å². The Morgan fingerprint density at radius 2 is 1.65 bits per heavy atom. The Bertz CT molecular complexity index is 411. The minimum atomic E-state index is -0.484. The minimum Gasteiger partial charge on any atom is -0.465 e. The summed E-state index contributed by atoms with van der Waals surface area (Å²) < 4.78 is 10.4. The van der Waals surface area contributed by atoms with Crippen LogP contribution < -0.4 is 0 Å². The zero-order valence-electron chi connectivity index (χ0n) is 10.5. The molecule has 0 radical (unpaired) electrons. The molecule has 1 rings (SSSR count). The molecule has 0 aliphatic heterocycles. The van der Waals surface area contributed by atoms with Crippen molar-refractivity contribution in [1.29, 1.82) is 0 Å². The van der Waals surface area contributed by atoms with Crippen molar-refractivity contribution in [1.82, 2.24) is 0 Å². The molecule has 6 heteroatoms. The summed E-state index contributed by atoms with van der Waals surface area (Å²) in [6.07, 6.45) is 0. The van der Waals surface area contributed by atoms with Gasteiger partial charge in [0.05, 0.1) is 14.2 Å². The molecule has 0 atom stereocenters. The number of carbonyl (C=O) groups excluding carboxylic acids is 2. The van der Waals surface area contributed by atoms with Gasteiger partial charge in [-0.15, -0.1) is 11.3 Å². The Balaban J connectivity index is 3.31. The van der Waals surface area contributed by atoms with Crippen molar-refractivity contribution in [3.63, 3.8) is 0 Å². The van der Waals surface area contributed by atoms with E-state index in [1.807, 2.05) is 20.8 Å². The van der Waals surface area contributed by atoms with E-state index in [0.717, 1.165) is 12.8 Å². The molecular weight excluding hydrogens is 259 g/mol. The number of carbonyl (C=O) groups is 2. The number of methoxy groups -OCH3 is 2. The highest BCUT2D eigenvalue weighted by Crippen LogP contribution is 2.41. The molecule has 17 heavy (non-hydrogen) atoms. The molecule has 0 aliphatic carbocycles. The highest BCUT2D eigenvalue weighted by atomic mass is 32.1. The van der Waals surface area contributed by atoms with Crippen molar-refractivity contribution in [3.05, 3.63) is 14.8 Å². The van der Waals surface area contributed by atoms with E-state index in [9.17, 15) is 9.59 Å². The van der Waals surface area contributed by atoms with Crippen molar-refractivity contribution in [2.24, 2.45) is 0 Å². The van der Waals surface area contributed by atoms with E-state index in [1.165, 1.54) is 25.6 Å². The number of esters is 2. The van der Waals surface area contributed by atoms with E-state index in [-0.39, 0.29) is 5.41 Å². The molecule has 0 bridgehead atoms. The van der Waals surface area contributed by atoms with Crippen molar-refractivity contribution in [2.75, 3.05) is 14.2 Å². The minimum absolute atomic E-state index is 0.0821. The summed E-state index contributed by atoms with van der Waals surface area (Å²) in [6.45, 7) is 6.12. The molecule has 4 nitrogen and oxygen atoms in total. The molecule has 0 aromatic carbocycles. The summed E-state index contributed by atoms with van der Waals surface area (Å²) >= 11 is 1.31. The molecule has 0 saturated heterocycles. The predicted octanol–water partition coefficient (Wildman–Crippen LogP) is 3.20. The Morgan fingerprint density at radius 3 is 2.06 bits per heavy atom. The summed E-state index contributed by atoms with van der Waals surface area (Å²) in [5, 5.41) is 0.370. The summed E-state index contributed by atoms with van der Waals surface area (Å²) in [7, 11) is 3.35. The Kier molecular flexibility index (Phi) is 4.28. The summed E-state index contributed by atoms with van der Waals surface area (Å²) in [5.74, 6) is -0.957. The van der Waals surface area contributed by atoms with Crippen LogP contribution in [0, 0.1) is 0 Å². The molecule has 1 aromatic rings. The van der Waals surface area contributed by atoms with Crippen LogP contribution in [0.15, 0.2) is 0 Å². The third kappa shape index (κ3) is 3.05. The lowest BCUT2D eigenvalue weighted by Crippen LogP contribution is -2.07. The Hall–Kier alpha value is -0.930. The lowest BCUT2D eigenvalue weighted by Gasteiger charge is -2.14. The maximum atomic E-state index is 11.6. The Morgan fingerprint density at radius 1 is 1.12 bits per heavy atom. The zero-order valence-corrected chi connectivity index (χ0v) is 12.2. The fourth-order valence-corrected chi connectivity index (χ4v) is 3.87. The molecule has 0 unspecified atom stereocenters. The van der Waals surface area contributed by atoms with E-state index in [4.69, 9.17) is 0 Å². The largest absolute Gasteiger partial charge is 0.465 e. The van der Waals surface area contributed by atoms with Crippen LogP contribution in [0.2, 0.25) is 0 Å². The van der Waals surface area contributed by atoms with Gasteiger partial charge in [-0.05, 0) is 8.19 Å². The van der Waals surface area contributed by atoms with E-state index in [0.29, 0.717) is 10.2 Å². The molecule has 0 amide bonds. The summed E-state index contributed by atoms with van der Waals surface area (Å²) in [5.41, 5.74) is -0.0821. The van der Waals surface area contributed by atoms with Gasteiger partial charge in [0.1, 0.15) is 10.2 Å². The van der Waals surface area contributed by atoms with Gasteiger partial charge in [0.15, 0.2) is 0 Å². The average Bonchev–Trinajstić information content (AvgIpc) is 2.71. The van der Waals surface area contributed by atoms with Crippen LogP contribution in [0.5, 0.6) is 0 Å². The van der Waals surface area contributed by atoms with Crippen LogP contribution in [0.1, 0.15) is 45.1 Å². The molecule has 0 fully saturated rings. The van der Waals surface area contributed by atoms with Crippen molar-refractivity contribution < 1.29 is 19.1 Å². The molecule has 0 saturated carbocycles. The first kappa shape index (κ1) is 14.1. The highest BCUT2D eigenvalue weighted by Gasteiger charge is 2.27. The topological polar surface area (TPSA) is 52.6 Å². The zero-order chi connectivity index (χ0) is 13.2. The van der Waals surface area contributed by atoms with E-state index in [2.05, 4.69) is 9.47 Å². The average molecular weight is 274 g/mol. The first-order valence-electron chi connectivity index (χ1n) is 4.99. The fraction of sp³-hybridized carbons (Fsp3) is 0.545. The molecule has 0 spiro atoms. The molecule has 0 N–H and O–H groups in total. The van der Waals surface area contributed by atoms with E-state index >= 15 is 0 Å². The molecule has 0 aliphatic rings. The molecule has 1 heterocycles. The standard InChI is InChI=1S/C11H15O4PS/c1-11(2,3)10-16-6(8(12)14-4)7(17-10)9(13)15-5/h1-5H3. The quantitative estimate of drug-likeness (QED) is 0.777. The molecular formula is C11H15O4PS. The van der Waals surface area contributed by atoms with Gasteiger partial charge >= 0.3 is 11.9 Å². The van der Waals surface area contributed by atoms with Crippen LogP contribution in [0.3, 0.4) is 0 Å². The third-order valence-corrected chi connectivity index (χ3v) is 5.60. The van der Waals surface area contributed by atoms with Gasteiger partial charge < -0.3 is 9.47 Å². The lowest BCUT2D eigenvalue weighted by molar-refractivity contribution is 0.0564. The molecule has 94 valence electrons. The highest BCUT2D eigenvalue weighted by molar-refractivity contribution is 7.45. The fourth-order valence-electron chi connectivity index (χ4n) is 1.11. The normalized spacial score (nSPS) is 11.6. The predicted molar refractivity (Wildman–Crippen MR) is 68.2 cm³/mol. The smallest absolute Gasteiger partial charge is 0.349 e. The second-order valence-electron chi connectivity index (χ2n) is 4.43. The van der Waals surface area contributed by atoms with Gasteiger partial charge in [0, 0.05) is 10.0 Å². The number of hydrogen-bond acceptors (Lipinski definition) is 5. The first-order chi connectivity index (χ1) is 7.81. The van der Waals surface area contributed by atoms with E-state index in [1.54, 1.807) is 0 Å². The van der Waals surface area contributed by atoms with Crippen LogP contribution in [-0.2, 0) is 14.9 Å². The van der Waals surface area contributed by atoms with Gasteiger partial charge in [-0.25, -0.2) is 9.59 Å². The van der Waals surface area contributed by atoms with Gasteiger partial charge in [0.2, 0.25) is 0 Å². The van der Waals surface area contributed by atoms with Crippen molar-refractivity contribution in [2.45, 2.75) is 26.2 Å². The van der Waals surface area contributed by atoms with Crippen LogP contribution in [-0.4, -0.2) is 26.2 Å². The maximum absolute atomic E-state index is 11.6. The van der Waals surface area contributed by atoms with Gasteiger partial charge in [0.25, 0.3) is 0 Å². The number of ether oxygens (including phenoxy) is 2. The van der Waals surface area contributed by atoms with Crippen molar-refractivity contribution in [3.8, 4) is 0 Å². The summed E-state index contributed by atoms with van der Waals surface area (Å²) in [4.78, 5) is 23.5. The van der Waals surface area contributed by atoms with Crippen LogP contribution >= 0.6 is 19.5 Å². The van der Waals surface area contributed by atoms with Gasteiger partial charge in [-0.2, -0.15) is 0 Å². The van der Waals surface area contributed by atoms with Gasteiger partial charge in [-0.1, -0.05) is 20.8 Å². The first-order valence-corrected chi connectivity index (χ1v) is 6.70. The number of rotatable bonds is 2.